The van der Waals surface area contributed by atoms with Crippen LogP contribution in [-0.2, 0) is 38.1 Å². The number of aliphatic hydroxyl groups is 7. The van der Waals surface area contributed by atoms with Crippen molar-refractivity contribution in [2.75, 3.05) is 21.3 Å². The highest BCUT2D eigenvalue weighted by molar-refractivity contribution is 5.80. The maximum atomic E-state index is 13.1. The van der Waals surface area contributed by atoms with Gasteiger partial charge in [0.25, 0.3) is 0 Å². The van der Waals surface area contributed by atoms with Crippen molar-refractivity contribution in [3.8, 4) is 0 Å². The number of aliphatic carboxylic acids is 1. The number of esters is 2. The second-order valence-electron chi connectivity index (χ2n) is 22.4. The predicted molar refractivity (Wildman–Crippen MR) is 289 cm³/mol. The molecule has 75 heavy (non-hydrogen) atoms. The number of aliphatic hydroxyl groups excluding tert-OH is 6. The van der Waals surface area contributed by atoms with E-state index in [0.717, 1.165) is 11.6 Å². The van der Waals surface area contributed by atoms with Crippen molar-refractivity contribution in [3.63, 3.8) is 0 Å². The van der Waals surface area contributed by atoms with Crippen LogP contribution in [0, 0.1) is 53.3 Å². The van der Waals surface area contributed by atoms with Crippen LogP contribution in [0.3, 0.4) is 0 Å². The molecule has 2 rings (SSSR count). The first-order valence-corrected chi connectivity index (χ1v) is 27.2. The zero-order valence-electron chi connectivity index (χ0n) is 47.5. The Morgan fingerprint density at radius 3 is 1.97 bits per heavy atom. The lowest BCUT2D eigenvalue weighted by Gasteiger charge is -2.44. The maximum Gasteiger partial charge on any atom is 0.338 e. The largest absolute Gasteiger partial charge is 0.478 e. The Labute approximate surface area is 448 Å². The van der Waals surface area contributed by atoms with Gasteiger partial charge in [-0.15, -0.1) is 0 Å². The molecule has 16 heteroatoms. The van der Waals surface area contributed by atoms with Crippen molar-refractivity contribution >= 4 is 17.9 Å². The topological polar surface area (TPSA) is 259 Å². The van der Waals surface area contributed by atoms with Crippen molar-refractivity contribution in [3.05, 3.63) is 71.9 Å². The molecule has 2 fully saturated rings. The first kappa shape index (κ1) is 67.6. The molecule has 0 aromatic rings. The number of hydrogen-bond acceptors (Lipinski definition) is 15. The van der Waals surface area contributed by atoms with Crippen molar-refractivity contribution in [2.45, 2.75) is 207 Å². The summed E-state index contributed by atoms with van der Waals surface area (Å²) in [5.74, 6) is -4.98. The van der Waals surface area contributed by atoms with E-state index >= 15 is 0 Å². The van der Waals surface area contributed by atoms with Crippen molar-refractivity contribution in [2.24, 2.45) is 53.3 Å². The molecular weight excluding hydrogens is 965 g/mol. The monoisotopic (exact) mass is 1060 g/mol. The summed E-state index contributed by atoms with van der Waals surface area (Å²) in [6, 6.07) is 0. The lowest BCUT2D eigenvalue weighted by Crippen LogP contribution is -2.59. The third-order valence-electron chi connectivity index (χ3n) is 16.2. The van der Waals surface area contributed by atoms with Crippen LogP contribution in [0.15, 0.2) is 71.9 Å². The Kier molecular flexibility index (Phi) is 29.7. The van der Waals surface area contributed by atoms with Gasteiger partial charge in [0.2, 0.25) is 0 Å². The third-order valence-corrected chi connectivity index (χ3v) is 16.2. The molecule has 0 aromatic heterocycles. The number of rotatable bonds is 33. The van der Waals surface area contributed by atoms with Crippen LogP contribution < -0.4 is 0 Å². The number of allylic oxidation sites excluding steroid dienone is 7. The molecule has 2 aliphatic heterocycles. The predicted octanol–water partition coefficient (Wildman–Crippen LogP) is 7.22. The fourth-order valence-electron chi connectivity index (χ4n) is 10.8. The fraction of sp³-hybridized carbons (Fsp3) is 0.746. The van der Waals surface area contributed by atoms with Gasteiger partial charge in [-0.05, 0) is 95.5 Å². The fourth-order valence-corrected chi connectivity index (χ4v) is 10.8. The highest BCUT2D eigenvalue weighted by Crippen LogP contribution is 2.39. The Bertz CT molecular complexity index is 1910. The van der Waals surface area contributed by atoms with Gasteiger partial charge in [-0.1, -0.05) is 116 Å². The summed E-state index contributed by atoms with van der Waals surface area (Å²) >= 11 is 0. The van der Waals surface area contributed by atoms with Crippen LogP contribution in [0.1, 0.15) is 134 Å². The van der Waals surface area contributed by atoms with E-state index in [1.165, 1.54) is 6.08 Å². The second-order valence-corrected chi connectivity index (χ2v) is 22.4. The zero-order chi connectivity index (χ0) is 56.9. The van der Waals surface area contributed by atoms with Gasteiger partial charge in [0.05, 0.1) is 42.7 Å². The van der Waals surface area contributed by atoms with Crippen molar-refractivity contribution < 1.29 is 78.9 Å². The van der Waals surface area contributed by atoms with E-state index in [1.807, 2.05) is 78.8 Å². The standard InChI is InChI=1S/C59H98O16/c1-34(29-40(7)52(64)43(10)53(65)44(11)55(73-14)38(5)20-17-15-16-18-23-51(62)63)28-39(6)50-33-59(70,56(67)58(69)75-50)41(8)25-27-45(71-12)30-46(72-13)31-48(61)36(3)21-19-22-37(4)49-32-47(54(66)57(68)74-49)35(2)24-26-42(9)60/h15-20,22-23,28-29,35-39,41-50,52-56,60-61,64-67,70H,21,24-27,30-33H2,1-14H3,(H,62,63)/b16-15+,20-17+,22-19+,23-18+,34-28+,40-29+. The molecule has 21 unspecified atom stereocenters. The summed E-state index contributed by atoms with van der Waals surface area (Å²) < 4.78 is 28.7. The number of carboxylic acids is 1. The van der Waals surface area contributed by atoms with Crippen LogP contribution in [0.5, 0.6) is 0 Å². The average Bonchev–Trinajstić information content (AvgIpc) is 3.36. The number of cyclic esters (lactones) is 2. The van der Waals surface area contributed by atoms with Gasteiger partial charge in [0, 0.05) is 69.3 Å². The van der Waals surface area contributed by atoms with Gasteiger partial charge in [-0.3, -0.25) is 0 Å². The average molecular weight is 1060 g/mol. The first-order chi connectivity index (χ1) is 35.1. The third kappa shape index (κ3) is 21.3. The minimum Gasteiger partial charge on any atom is -0.478 e. The van der Waals surface area contributed by atoms with Crippen LogP contribution in [-0.4, -0.2) is 153 Å². The Balaban J connectivity index is 2.02. The van der Waals surface area contributed by atoms with Crippen LogP contribution in [0.4, 0.5) is 0 Å². The molecule has 2 saturated heterocycles. The molecule has 0 radical (unpaired) electrons. The summed E-state index contributed by atoms with van der Waals surface area (Å²) in [4.78, 5) is 36.4. The minimum atomic E-state index is -1.79. The minimum absolute atomic E-state index is 0.0140. The zero-order valence-corrected chi connectivity index (χ0v) is 47.5. The summed E-state index contributed by atoms with van der Waals surface area (Å²) in [6.07, 6.45) is 13.0. The summed E-state index contributed by atoms with van der Waals surface area (Å²) in [6.45, 7) is 20.5. The second kappa shape index (κ2) is 33.0. The Morgan fingerprint density at radius 2 is 1.37 bits per heavy atom. The van der Waals surface area contributed by atoms with Gasteiger partial charge >= 0.3 is 17.9 Å². The van der Waals surface area contributed by atoms with E-state index < -0.39 is 84.2 Å². The lowest BCUT2D eigenvalue weighted by molar-refractivity contribution is -0.212. The number of carboxylic acid groups (broad SMARTS) is 1. The normalized spacial score (nSPS) is 28.5. The molecule has 0 bridgehead atoms. The molecular formula is C59H98O16. The van der Waals surface area contributed by atoms with E-state index in [9.17, 15) is 50.1 Å². The summed E-state index contributed by atoms with van der Waals surface area (Å²) in [7, 11) is 4.75. The number of carbonyl (C=O) groups is 3. The van der Waals surface area contributed by atoms with Crippen LogP contribution in [0.25, 0.3) is 0 Å². The highest BCUT2D eigenvalue weighted by atomic mass is 16.6. The molecule has 0 aromatic carbocycles. The number of hydrogen-bond donors (Lipinski definition) is 8. The maximum absolute atomic E-state index is 13.1. The highest BCUT2D eigenvalue weighted by Gasteiger charge is 2.52. The molecule has 0 spiro atoms. The van der Waals surface area contributed by atoms with Crippen LogP contribution >= 0.6 is 0 Å². The SMILES string of the molecule is COC(CCC(C)C1(O)CC(C(C)/C=C(C)/C=C(\C)C(O)C(C)C(O)C(C)C(OC)C(C)/C=C/C=C/C=C/C(=O)O)OC(=O)C1O)CC(CC(O)C(C)C/C=C/C(C)C1CC(C(C)CCC(C)O)C(O)C(=O)O1)OC. The van der Waals surface area contributed by atoms with Gasteiger partial charge in [-0.25, -0.2) is 14.4 Å². The number of methoxy groups -OCH3 is 3. The Morgan fingerprint density at radius 1 is 0.747 bits per heavy atom. The van der Waals surface area contributed by atoms with Gasteiger partial charge in [0.15, 0.2) is 12.2 Å². The lowest BCUT2D eigenvalue weighted by atomic mass is 9.73. The number of ether oxygens (including phenoxy) is 5. The van der Waals surface area contributed by atoms with Gasteiger partial charge in [-0.2, -0.15) is 0 Å². The molecule has 0 saturated carbocycles. The summed E-state index contributed by atoms with van der Waals surface area (Å²) in [5, 5.41) is 86.2. The molecule has 16 nitrogen and oxygen atoms in total. The molecule has 0 aliphatic carbocycles. The van der Waals surface area contributed by atoms with E-state index in [1.54, 1.807) is 67.3 Å². The van der Waals surface area contributed by atoms with E-state index in [0.29, 0.717) is 56.9 Å². The van der Waals surface area contributed by atoms with E-state index in [4.69, 9.17) is 28.8 Å². The van der Waals surface area contributed by atoms with E-state index in [2.05, 4.69) is 0 Å². The van der Waals surface area contributed by atoms with E-state index in [-0.39, 0.29) is 66.2 Å². The molecule has 21 atom stereocenters. The molecule has 0 amide bonds. The van der Waals surface area contributed by atoms with Crippen LogP contribution in [0.2, 0.25) is 0 Å². The van der Waals surface area contributed by atoms with Crippen molar-refractivity contribution in [1.29, 1.82) is 0 Å². The van der Waals surface area contributed by atoms with Crippen molar-refractivity contribution in [1.82, 2.24) is 0 Å². The number of carbonyl (C=O) groups excluding carboxylic acids is 2. The molecule has 2 heterocycles. The summed E-state index contributed by atoms with van der Waals surface area (Å²) in [5.41, 5.74) is -0.413. The van der Waals surface area contributed by atoms with Gasteiger partial charge < -0.3 is 64.5 Å². The first-order valence-electron chi connectivity index (χ1n) is 27.2. The van der Waals surface area contributed by atoms with Gasteiger partial charge in [0.1, 0.15) is 17.8 Å². The molecule has 8 N–H and O–H groups in total. The molecule has 430 valence electrons. The Hall–Kier alpha value is -3.55. The molecule has 2 aliphatic rings. The smallest absolute Gasteiger partial charge is 0.338 e. The quantitative estimate of drug-likeness (QED) is 0.0140.